The van der Waals surface area contributed by atoms with Crippen molar-refractivity contribution in [1.29, 1.82) is 0 Å². The first kappa shape index (κ1) is 12.1. The van der Waals surface area contributed by atoms with Gasteiger partial charge in [0.05, 0.1) is 0 Å². The van der Waals surface area contributed by atoms with Crippen molar-refractivity contribution in [2.24, 2.45) is 12.8 Å². The Labute approximate surface area is 107 Å². The smallest absolute Gasteiger partial charge is 0.320 e. The summed E-state index contributed by atoms with van der Waals surface area (Å²) in [6.45, 7) is 0. The SMILES string of the molecule is Cn1cc(Br)c2ccc(CC(N)C(=O)O)cc21. The van der Waals surface area contributed by atoms with E-state index in [1.165, 1.54) is 0 Å². The van der Waals surface area contributed by atoms with Gasteiger partial charge in [-0.1, -0.05) is 12.1 Å². The molecule has 1 aromatic heterocycles. The average Bonchev–Trinajstić information content (AvgIpc) is 2.54. The van der Waals surface area contributed by atoms with Crippen LogP contribution in [-0.4, -0.2) is 21.7 Å². The number of aliphatic carboxylic acids is 1. The number of benzene rings is 1. The second kappa shape index (κ2) is 4.50. The lowest BCUT2D eigenvalue weighted by Crippen LogP contribution is -2.32. The van der Waals surface area contributed by atoms with Crippen molar-refractivity contribution in [3.05, 3.63) is 34.4 Å². The van der Waals surface area contributed by atoms with Gasteiger partial charge < -0.3 is 15.4 Å². The van der Waals surface area contributed by atoms with Crippen molar-refractivity contribution < 1.29 is 9.90 Å². The number of aromatic nitrogens is 1. The van der Waals surface area contributed by atoms with E-state index in [1.807, 2.05) is 36.0 Å². The molecule has 3 N–H and O–H groups in total. The fraction of sp³-hybridized carbons (Fsp3) is 0.250. The summed E-state index contributed by atoms with van der Waals surface area (Å²) in [6, 6.07) is 5.01. The molecular formula is C12H13BrN2O2. The average molecular weight is 297 g/mol. The summed E-state index contributed by atoms with van der Waals surface area (Å²) >= 11 is 3.48. The predicted molar refractivity (Wildman–Crippen MR) is 69.9 cm³/mol. The van der Waals surface area contributed by atoms with Gasteiger partial charge in [-0.15, -0.1) is 0 Å². The van der Waals surface area contributed by atoms with E-state index in [1.54, 1.807) is 0 Å². The molecule has 90 valence electrons. The maximum absolute atomic E-state index is 10.7. The van der Waals surface area contributed by atoms with E-state index >= 15 is 0 Å². The summed E-state index contributed by atoms with van der Waals surface area (Å²) in [5.74, 6) is -0.974. The number of aryl methyl sites for hydroxylation is 1. The van der Waals surface area contributed by atoms with Crippen molar-refractivity contribution in [2.75, 3.05) is 0 Å². The minimum atomic E-state index is -0.974. The summed E-state index contributed by atoms with van der Waals surface area (Å²) in [7, 11) is 1.95. The van der Waals surface area contributed by atoms with Crippen LogP contribution in [0.25, 0.3) is 10.9 Å². The molecule has 0 spiro atoms. The van der Waals surface area contributed by atoms with Crippen LogP contribution < -0.4 is 5.73 Å². The molecule has 4 nitrogen and oxygen atoms in total. The molecule has 0 saturated carbocycles. The second-order valence-corrected chi connectivity index (χ2v) is 4.94. The Morgan fingerprint density at radius 3 is 2.94 bits per heavy atom. The van der Waals surface area contributed by atoms with Crippen molar-refractivity contribution in [2.45, 2.75) is 12.5 Å². The topological polar surface area (TPSA) is 68.2 Å². The molecule has 0 saturated heterocycles. The number of carboxylic acids is 1. The van der Waals surface area contributed by atoms with Crippen LogP contribution in [0.4, 0.5) is 0 Å². The molecular weight excluding hydrogens is 284 g/mol. The standard InChI is InChI=1S/C12H13BrN2O2/c1-15-6-9(13)8-3-2-7(5-11(8)15)4-10(14)12(16)17/h2-3,5-6,10H,4,14H2,1H3,(H,16,17). The molecule has 2 rings (SSSR count). The minimum Gasteiger partial charge on any atom is -0.480 e. The van der Waals surface area contributed by atoms with Gasteiger partial charge in [0.15, 0.2) is 0 Å². The predicted octanol–water partition coefficient (Wildman–Crippen LogP) is 1.90. The number of hydrogen-bond donors (Lipinski definition) is 2. The summed E-state index contributed by atoms with van der Waals surface area (Å²) < 4.78 is 3.03. The molecule has 0 aliphatic rings. The van der Waals surface area contributed by atoms with E-state index in [9.17, 15) is 4.79 Å². The molecule has 0 aliphatic heterocycles. The van der Waals surface area contributed by atoms with Crippen LogP contribution in [0, 0.1) is 0 Å². The molecule has 1 heterocycles. The Hall–Kier alpha value is -1.33. The third-order valence-corrected chi connectivity index (χ3v) is 3.41. The molecule has 17 heavy (non-hydrogen) atoms. The van der Waals surface area contributed by atoms with Gasteiger partial charge >= 0.3 is 5.97 Å². The molecule has 0 amide bonds. The van der Waals surface area contributed by atoms with Gasteiger partial charge in [-0.05, 0) is 34.0 Å². The Balaban J connectivity index is 2.38. The molecule has 1 aromatic carbocycles. The van der Waals surface area contributed by atoms with E-state index in [0.717, 1.165) is 20.9 Å². The van der Waals surface area contributed by atoms with Crippen molar-refractivity contribution in [3.63, 3.8) is 0 Å². The van der Waals surface area contributed by atoms with Crippen LogP contribution in [0.3, 0.4) is 0 Å². The van der Waals surface area contributed by atoms with Crippen LogP contribution >= 0.6 is 15.9 Å². The van der Waals surface area contributed by atoms with E-state index in [4.69, 9.17) is 10.8 Å². The monoisotopic (exact) mass is 296 g/mol. The lowest BCUT2D eigenvalue weighted by atomic mass is 10.1. The number of rotatable bonds is 3. The van der Waals surface area contributed by atoms with Gasteiger partial charge in [0, 0.05) is 28.6 Å². The van der Waals surface area contributed by atoms with Crippen LogP contribution in [0.2, 0.25) is 0 Å². The number of nitrogens with two attached hydrogens (primary N) is 1. The van der Waals surface area contributed by atoms with Gasteiger partial charge in [-0.3, -0.25) is 4.79 Å². The second-order valence-electron chi connectivity index (χ2n) is 4.09. The number of hydrogen-bond acceptors (Lipinski definition) is 2. The lowest BCUT2D eigenvalue weighted by molar-refractivity contribution is -0.138. The molecule has 1 unspecified atom stereocenters. The quantitative estimate of drug-likeness (QED) is 0.909. The van der Waals surface area contributed by atoms with Crippen molar-refractivity contribution >= 4 is 32.8 Å². The van der Waals surface area contributed by atoms with Crippen molar-refractivity contribution in [3.8, 4) is 0 Å². The molecule has 5 heteroatoms. The van der Waals surface area contributed by atoms with E-state index in [-0.39, 0.29) is 0 Å². The Kier molecular flexibility index (Phi) is 3.22. The number of fused-ring (bicyclic) bond motifs is 1. The first-order valence-corrected chi connectivity index (χ1v) is 6.00. The summed E-state index contributed by atoms with van der Waals surface area (Å²) in [5.41, 5.74) is 7.51. The molecule has 1 atom stereocenters. The summed E-state index contributed by atoms with van der Waals surface area (Å²) in [5, 5.41) is 9.89. The Bertz CT molecular complexity index is 577. The van der Waals surface area contributed by atoms with E-state index in [0.29, 0.717) is 6.42 Å². The zero-order valence-corrected chi connectivity index (χ0v) is 10.9. The van der Waals surface area contributed by atoms with Crippen LogP contribution in [0.1, 0.15) is 5.56 Å². The van der Waals surface area contributed by atoms with Crippen molar-refractivity contribution in [1.82, 2.24) is 4.57 Å². The number of nitrogens with zero attached hydrogens (tertiary/aromatic N) is 1. The normalized spacial score (nSPS) is 12.9. The molecule has 0 aliphatic carbocycles. The molecule has 0 bridgehead atoms. The highest BCUT2D eigenvalue weighted by Crippen LogP contribution is 2.26. The zero-order valence-electron chi connectivity index (χ0n) is 9.35. The van der Waals surface area contributed by atoms with Gasteiger partial charge in [-0.25, -0.2) is 0 Å². The van der Waals surface area contributed by atoms with E-state index < -0.39 is 12.0 Å². The van der Waals surface area contributed by atoms with Gasteiger partial charge in [-0.2, -0.15) is 0 Å². The first-order chi connectivity index (χ1) is 7.99. The minimum absolute atomic E-state index is 0.341. The number of halogens is 1. The fourth-order valence-electron chi connectivity index (χ4n) is 1.85. The first-order valence-electron chi connectivity index (χ1n) is 5.21. The molecule has 0 fully saturated rings. The van der Waals surface area contributed by atoms with Crippen LogP contribution in [-0.2, 0) is 18.3 Å². The molecule has 0 radical (unpaired) electrons. The van der Waals surface area contributed by atoms with Crippen LogP contribution in [0.5, 0.6) is 0 Å². The highest BCUT2D eigenvalue weighted by Gasteiger charge is 2.13. The largest absolute Gasteiger partial charge is 0.480 e. The lowest BCUT2D eigenvalue weighted by Gasteiger charge is -2.07. The maximum Gasteiger partial charge on any atom is 0.320 e. The van der Waals surface area contributed by atoms with E-state index in [2.05, 4.69) is 15.9 Å². The Morgan fingerprint density at radius 1 is 1.59 bits per heavy atom. The highest BCUT2D eigenvalue weighted by molar-refractivity contribution is 9.10. The summed E-state index contributed by atoms with van der Waals surface area (Å²) in [4.78, 5) is 10.7. The molecule has 2 aromatic rings. The van der Waals surface area contributed by atoms with Gasteiger partial charge in [0.2, 0.25) is 0 Å². The number of carboxylic acid groups (broad SMARTS) is 1. The Morgan fingerprint density at radius 2 is 2.29 bits per heavy atom. The fourth-order valence-corrected chi connectivity index (χ4v) is 2.49. The third-order valence-electron chi connectivity index (χ3n) is 2.78. The zero-order chi connectivity index (χ0) is 12.6. The van der Waals surface area contributed by atoms with Crippen LogP contribution in [0.15, 0.2) is 28.9 Å². The maximum atomic E-state index is 10.7. The van der Waals surface area contributed by atoms with Gasteiger partial charge in [0.25, 0.3) is 0 Å². The number of carbonyl (C=O) groups is 1. The summed E-state index contributed by atoms with van der Waals surface area (Å²) in [6.07, 6.45) is 2.32. The highest BCUT2D eigenvalue weighted by atomic mass is 79.9. The third kappa shape index (κ3) is 2.35. The van der Waals surface area contributed by atoms with Gasteiger partial charge in [0.1, 0.15) is 6.04 Å².